The van der Waals surface area contributed by atoms with E-state index in [1.165, 1.54) is 4.90 Å². The maximum atomic E-state index is 13.2. The standard InChI is InChI=1S/C24H42N8O5/c1-6-12-32-15(5)19(33)26-18(13-14(3)4)20(34)29-23(35)27-17(10-8-9-11-25)22-31-30-21(37-22)16(7-2)28-24(32)36/h14-18H,6-13,25H2,1-5H3,(H,26,33)(H,28,36)(H2,27,29,34,35)/t15-,16?,17-,18+/m0/s1. The second-order valence-corrected chi connectivity index (χ2v) is 9.75. The van der Waals surface area contributed by atoms with Gasteiger partial charge in [0.15, 0.2) is 0 Å². The number of urea groups is 2. The first-order valence-electron chi connectivity index (χ1n) is 13.1. The highest BCUT2D eigenvalue weighted by Crippen LogP contribution is 2.23. The number of hydrogen-bond acceptors (Lipinski definition) is 8. The Hall–Kier alpha value is -3.22. The molecule has 1 aromatic heterocycles. The van der Waals surface area contributed by atoms with Gasteiger partial charge in [-0.25, -0.2) is 9.59 Å². The molecule has 0 saturated carbocycles. The lowest BCUT2D eigenvalue weighted by Crippen LogP contribution is -2.57. The molecule has 0 aliphatic carbocycles. The van der Waals surface area contributed by atoms with Gasteiger partial charge in [0.2, 0.25) is 17.7 Å². The van der Waals surface area contributed by atoms with Gasteiger partial charge in [0, 0.05) is 6.54 Å². The van der Waals surface area contributed by atoms with Gasteiger partial charge in [0.1, 0.15) is 24.2 Å². The summed E-state index contributed by atoms with van der Waals surface area (Å²) in [5, 5.41) is 18.9. The Balaban J connectivity index is 2.46. The maximum absolute atomic E-state index is 13.2. The number of unbranched alkanes of at least 4 members (excludes halogenated alkanes) is 1. The average Bonchev–Trinajstić information content (AvgIpc) is 3.33. The van der Waals surface area contributed by atoms with E-state index in [4.69, 9.17) is 10.2 Å². The number of nitrogens with one attached hydrogen (secondary N) is 4. The molecule has 13 heteroatoms. The van der Waals surface area contributed by atoms with Crippen molar-refractivity contribution in [1.29, 1.82) is 0 Å². The summed E-state index contributed by atoms with van der Waals surface area (Å²) in [7, 11) is 0. The zero-order valence-electron chi connectivity index (χ0n) is 22.5. The minimum Gasteiger partial charge on any atom is -0.421 e. The summed E-state index contributed by atoms with van der Waals surface area (Å²) in [6.07, 6.45) is 3.25. The second-order valence-electron chi connectivity index (χ2n) is 9.75. The third-order valence-electron chi connectivity index (χ3n) is 6.16. The minimum absolute atomic E-state index is 0.0567. The number of carbonyl (C=O) groups is 4. The van der Waals surface area contributed by atoms with E-state index in [1.807, 2.05) is 27.7 Å². The van der Waals surface area contributed by atoms with Crippen molar-refractivity contribution in [3.8, 4) is 0 Å². The molecule has 1 aromatic rings. The van der Waals surface area contributed by atoms with E-state index in [1.54, 1.807) is 6.92 Å². The zero-order valence-corrected chi connectivity index (χ0v) is 22.5. The van der Waals surface area contributed by atoms with E-state index in [2.05, 4.69) is 31.5 Å². The van der Waals surface area contributed by atoms with Gasteiger partial charge < -0.3 is 31.0 Å². The Kier molecular flexibility index (Phi) is 11.8. The van der Waals surface area contributed by atoms with Crippen LogP contribution >= 0.6 is 0 Å². The summed E-state index contributed by atoms with van der Waals surface area (Å²) in [6.45, 7) is 9.98. The number of carbonyl (C=O) groups excluding carboxylic acids is 4. The van der Waals surface area contributed by atoms with Crippen LogP contribution in [-0.4, -0.2) is 64.1 Å². The highest BCUT2D eigenvalue weighted by Gasteiger charge is 2.33. The maximum Gasteiger partial charge on any atom is 0.322 e. The number of imide groups is 1. The molecule has 0 fully saturated rings. The Morgan fingerprint density at radius 3 is 2.22 bits per heavy atom. The molecule has 37 heavy (non-hydrogen) atoms. The molecule has 2 rings (SSSR count). The van der Waals surface area contributed by atoms with Crippen LogP contribution in [0.25, 0.3) is 0 Å². The van der Waals surface area contributed by atoms with Crippen LogP contribution in [0.5, 0.6) is 0 Å². The fourth-order valence-corrected chi connectivity index (χ4v) is 4.09. The number of hydrogen-bond donors (Lipinski definition) is 5. The highest BCUT2D eigenvalue weighted by molar-refractivity contribution is 5.99. The normalized spacial score (nSPS) is 23.9. The Morgan fingerprint density at radius 2 is 1.62 bits per heavy atom. The quantitative estimate of drug-likeness (QED) is 0.304. The van der Waals surface area contributed by atoms with Gasteiger partial charge >= 0.3 is 12.1 Å². The van der Waals surface area contributed by atoms with Crippen molar-refractivity contribution in [2.75, 3.05) is 13.1 Å². The smallest absolute Gasteiger partial charge is 0.322 e. The van der Waals surface area contributed by atoms with Crippen LogP contribution in [0.4, 0.5) is 9.59 Å². The van der Waals surface area contributed by atoms with Crippen LogP contribution in [-0.2, 0) is 9.59 Å². The van der Waals surface area contributed by atoms with Crippen molar-refractivity contribution in [3.05, 3.63) is 11.8 Å². The second kappa shape index (κ2) is 14.5. The SMILES string of the molecule is CCCN1C(=O)NC(CC)c2nnc(o2)[C@H](CCCCN)NC(=O)NC(=O)[C@@H](CC(C)C)NC(=O)[C@@H]1C. The lowest BCUT2D eigenvalue weighted by Gasteiger charge is -2.31. The van der Waals surface area contributed by atoms with Crippen molar-refractivity contribution < 1.29 is 23.6 Å². The van der Waals surface area contributed by atoms with Crippen LogP contribution in [0, 0.1) is 5.92 Å². The van der Waals surface area contributed by atoms with Crippen molar-refractivity contribution in [2.24, 2.45) is 11.7 Å². The molecule has 208 valence electrons. The lowest BCUT2D eigenvalue weighted by atomic mass is 10.0. The molecule has 13 nitrogen and oxygen atoms in total. The number of amides is 6. The Labute approximate surface area is 218 Å². The summed E-state index contributed by atoms with van der Waals surface area (Å²) >= 11 is 0. The molecule has 1 unspecified atom stereocenters. The van der Waals surface area contributed by atoms with Crippen molar-refractivity contribution in [3.63, 3.8) is 0 Å². The molecule has 4 atom stereocenters. The molecule has 6 N–H and O–H groups in total. The Morgan fingerprint density at radius 1 is 0.946 bits per heavy atom. The first kappa shape index (κ1) is 30.0. The Bertz CT molecular complexity index is 921. The van der Waals surface area contributed by atoms with E-state index in [-0.39, 0.29) is 17.7 Å². The van der Waals surface area contributed by atoms with Crippen LogP contribution in [0.1, 0.15) is 97.0 Å². The first-order valence-corrected chi connectivity index (χ1v) is 13.1. The van der Waals surface area contributed by atoms with Crippen LogP contribution in [0.3, 0.4) is 0 Å². The van der Waals surface area contributed by atoms with Crippen molar-refractivity contribution >= 4 is 23.9 Å². The monoisotopic (exact) mass is 522 g/mol. The summed E-state index contributed by atoms with van der Waals surface area (Å²) in [4.78, 5) is 53.6. The van der Waals surface area contributed by atoms with E-state index in [9.17, 15) is 19.2 Å². The van der Waals surface area contributed by atoms with E-state index in [0.717, 1.165) is 6.42 Å². The van der Waals surface area contributed by atoms with Crippen LogP contribution in [0.2, 0.25) is 0 Å². The molecular weight excluding hydrogens is 480 g/mol. The van der Waals surface area contributed by atoms with Gasteiger partial charge in [0.25, 0.3) is 5.91 Å². The van der Waals surface area contributed by atoms with Gasteiger partial charge in [-0.2, -0.15) is 0 Å². The summed E-state index contributed by atoms with van der Waals surface area (Å²) in [6, 6.07) is -4.29. The fourth-order valence-electron chi connectivity index (χ4n) is 4.09. The van der Waals surface area contributed by atoms with Crippen LogP contribution < -0.4 is 27.0 Å². The molecule has 0 radical (unpaired) electrons. The zero-order chi connectivity index (χ0) is 27.5. The molecule has 2 bridgehead atoms. The predicted molar refractivity (Wildman–Crippen MR) is 136 cm³/mol. The molecule has 0 aromatic carbocycles. The third-order valence-corrected chi connectivity index (χ3v) is 6.16. The average molecular weight is 523 g/mol. The lowest BCUT2D eigenvalue weighted by molar-refractivity contribution is -0.131. The number of nitrogens with zero attached hydrogens (tertiary/aromatic N) is 3. The largest absolute Gasteiger partial charge is 0.421 e. The number of fused-ring (bicyclic) bond motifs is 2. The minimum atomic E-state index is -0.964. The van der Waals surface area contributed by atoms with Gasteiger partial charge in [-0.1, -0.05) is 27.7 Å². The molecule has 1 aliphatic rings. The molecule has 1 aliphatic heterocycles. The van der Waals surface area contributed by atoms with Gasteiger partial charge in [0.05, 0.1) is 0 Å². The number of rotatable bonds is 9. The number of nitrogens with two attached hydrogens (primary N) is 1. The summed E-state index contributed by atoms with van der Waals surface area (Å²) in [5.41, 5.74) is 5.61. The predicted octanol–water partition coefficient (Wildman–Crippen LogP) is 1.87. The van der Waals surface area contributed by atoms with E-state index >= 15 is 0 Å². The fraction of sp³-hybridized carbons (Fsp3) is 0.750. The molecule has 6 amide bonds. The van der Waals surface area contributed by atoms with Gasteiger partial charge in [-0.05, 0) is 57.9 Å². The van der Waals surface area contributed by atoms with Crippen molar-refractivity contribution in [2.45, 2.75) is 97.3 Å². The van der Waals surface area contributed by atoms with Crippen molar-refractivity contribution in [1.82, 2.24) is 36.4 Å². The highest BCUT2D eigenvalue weighted by atomic mass is 16.4. The third kappa shape index (κ3) is 8.69. The molecule has 2 heterocycles. The summed E-state index contributed by atoms with van der Waals surface area (Å²) < 4.78 is 5.88. The molecule has 0 spiro atoms. The van der Waals surface area contributed by atoms with Gasteiger partial charge in [-0.3, -0.25) is 14.9 Å². The molecular formula is C24H42N8O5. The van der Waals surface area contributed by atoms with Gasteiger partial charge in [-0.15, -0.1) is 10.2 Å². The topological polar surface area (TPSA) is 185 Å². The molecule has 0 saturated heterocycles. The number of aromatic nitrogens is 2. The van der Waals surface area contributed by atoms with Crippen LogP contribution in [0.15, 0.2) is 4.42 Å². The summed E-state index contributed by atoms with van der Waals surface area (Å²) in [5.74, 6) is -0.736. The van der Waals surface area contributed by atoms with E-state index < -0.39 is 48.0 Å². The van der Waals surface area contributed by atoms with E-state index in [0.29, 0.717) is 45.2 Å². The first-order chi connectivity index (χ1) is 17.6.